The van der Waals surface area contributed by atoms with Crippen LogP contribution < -0.4 is 5.32 Å². The van der Waals surface area contributed by atoms with Crippen LogP contribution in [0.4, 0.5) is 18.9 Å². The fourth-order valence-corrected chi connectivity index (χ4v) is 3.38. The van der Waals surface area contributed by atoms with Gasteiger partial charge in [-0.15, -0.1) is 0 Å². The Labute approximate surface area is 126 Å². The number of nitrogens with one attached hydrogen (secondary N) is 1. The van der Waals surface area contributed by atoms with Gasteiger partial charge in [0.2, 0.25) is 0 Å². The van der Waals surface area contributed by atoms with Gasteiger partial charge in [0, 0.05) is 23.4 Å². The monoisotopic (exact) mass is 319 g/mol. The van der Waals surface area contributed by atoms with Crippen LogP contribution in [-0.4, -0.2) is 18.2 Å². The van der Waals surface area contributed by atoms with Crippen LogP contribution in [0.5, 0.6) is 0 Å². The molecule has 0 bridgehead atoms. The van der Waals surface area contributed by atoms with Crippen LogP contribution >= 0.6 is 11.6 Å². The number of rotatable bonds is 2. The van der Waals surface area contributed by atoms with E-state index in [0.717, 1.165) is 37.8 Å². The summed E-state index contributed by atoms with van der Waals surface area (Å²) in [4.78, 5) is 0. The molecule has 116 valence electrons. The lowest BCUT2D eigenvalue weighted by molar-refractivity contribution is -0.137. The highest BCUT2D eigenvalue weighted by atomic mass is 35.5. The molecule has 1 unspecified atom stereocenters. The highest BCUT2D eigenvalue weighted by Gasteiger charge is 2.42. The van der Waals surface area contributed by atoms with E-state index in [-0.39, 0.29) is 16.7 Å². The molecule has 1 aromatic rings. The van der Waals surface area contributed by atoms with Crippen LogP contribution in [0, 0.1) is 0 Å². The lowest BCUT2D eigenvalue weighted by atomic mass is 9.74. The molecule has 1 atom stereocenters. The fraction of sp³-hybridized carbons (Fsp3) is 0.600. The van der Waals surface area contributed by atoms with E-state index in [2.05, 4.69) is 5.32 Å². The van der Waals surface area contributed by atoms with E-state index in [1.807, 2.05) is 0 Å². The summed E-state index contributed by atoms with van der Waals surface area (Å²) in [6.07, 6.45) is 0.536. The van der Waals surface area contributed by atoms with Gasteiger partial charge in [-0.3, -0.25) is 0 Å². The third-order valence-electron chi connectivity index (χ3n) is 4.35. The Bertz CT molecular complexity index is 528. The Balaban J connectivity index is 1.74. The second-order valence-corrected chi connectivity index (χ2v) is 6.38. The first-order chi connectivity index (χ1) is 9.86. The van der Waals surface area contributed by atoms with Crippen molar-refractivity contribution in [2.24, 2.45) is 0 Å². The largest absolute Gasteiger partial charge is 0.416 e. The Morgan fingerprint density at radius 3 is 2.62 bits per heavy atom. The van der Waals surface area contributed by atoms with Gasteiger partial charge < -0.3 is 10.1 Å². The quantitative estimate of drug-likeness (QED) is 0.839. The maximum atomic E-state index is 12.8. The summed E-state index contributed by atoms with van der Waals surface area (Å²) in [7, 11) is 0. The molecule has 3 rings (SSSR count). The predicted molar refractivity (Wildman–Crippen MR) is 75.6 cm³/mol. The Hall–Kier alpha value is -0.940. The van der Waals surface area contributed by atoms with Gasteiger partial charge in [0.15, 0.2) is 0 Å². The topological polar surface area (TPSA) is 21.3 Å². The van der Waals surface area contributed by atoms with Crippen LogP contribution in [0.1, 0.15) is 37.7 Å². The lowest BCUT2D eigenvalue weighted by Gasteiger charge is -2.47. The van der Waals surface area contributed by atoms with Gasteiger partial charge in [0.05, 0.1) is 11.2 Å². The first kappa shape index (κ1) is 15.0. The third kappa shape index (κ3) is 3.29. The van der Waals surface area contributed by atoms with E-state index in [1.165, 1.54) is 6.42 Å². The number of halogens is 4. The second kappa shape index (κ2) is 5.36. The molecule has 1 N–H and O–H groups in total. The molecular weight excluding hydrogens is 303 g/mol. The molecule has 1 saturated carbocycles. The number of benzene rings is 1. The van der Waals surface area contributed by atoms with Crippen LogP contribution in [0.3, 0.4) is 0 Å². The van der Waals surface area contributed by atoms with Crippen molar-refractivity contribution in [2.45, 2.75) is 49.9 Å². The maximum absolute atomic E-state index is 12.8. The number of anilines is 1. The van der Waals surface area contributed by atoms with Crippen molar-refractivity contribution in [1.82, 2.24) is 0 Å². The molecule has 1 aliphatic carbocycles. The highest BCUT2D eigenvalue weighted by molar-refractivity contribution is 6.30. The standard InChI is InChI=1S/C15H17ClF3NO/c16-11-6-10(15(17,18)19)7-13(8-11)20-12-2-5-21-14(9-12)3-1-4-14/h6-8,12,20H,1-5,9H2. The minimum absolute atomic E-state index is 0.0403. The van der Waals surface area contributed by atoms with Crippen molar-refractivity contribution < 1.29 is 17.9 Å². The number of ether oxygens (including phenoxy) is 1. The molecule has 6 heteroatoms. The van der Waals surface area contributed by atoms with Crippen LogP contribution in [0.2, 0.25) is 5.02 Å². The smallest absolute Gasteiger partial charge is 0.382 e. The summed E-state index contributed by atoms with van der Waals surface area (Å²) in [6, 6.07) is 3.75. The molecule has 21 heavy (non-hydrogen) atoms. The van der Waals surface area contributed by atoms with E-state index in [9.17, 15) is 13.2 Å². The fourth-order valence-electron chi connectivity index (χ4n) is 3.14. The molecule has 1 aromatic carbocycles. The second-order valence-electron chi connectivity index (χ2n) is 5.95. The maximum Gasteiger partial charge on any atom is 0.416 e. The van der Waals surface area contributed by atoms with E-state index < -0.39 is 11.7 Å². The van der Waals surface area contributed by atoms with Crippen LogP contribution in [0.15, 0.2) is 18.2 Å². The molecule has 1 aliphatic heterocycles. The SMILES string of the molecule is FC(F)(F)c1cc(Cl)cc(NC2CCOC3(CCC3)C2)c1. The van der Waals surface area contributed by atoms with E-state index in [0.29, 0.717) is 12.3 Å². The number of alkyl halides is 3. The Kier molecular flexibility index (Phi) is 3.82. The molecule has 2 fully saturated rings. The molecule has 1 heterocycles. The Morgan fingerprint density at radius 1 is 1.24 bits per heavy atom. The van der Waals surface area contributed by atoms with Crippen LogP contribution in [0.25, 0.3) is 0 Å². The molecular formula is C15H17ClF3NO. The van der Waals surface area contributed by atoms with Gasteiger partial charge >= 0.3 is 6.18 Å². The van der Waals surface area contributed by atoms with Gasteiger partial charge in [-0.1, -0.05) is 11.6 Å². The van der Waals surface area contributed by atoms with Crippen molar-refractivity contribution in [3.05, 3.63) is 28.8 Å². The predicted octanol–water partition coefficient (Wildman–Crippen LogP) is 4.87. The summed E-state index contributed by atoms with van der Waals surface area (Å²) in [5, 5.41) is 3.29. The van der Waals surface area contributed by atoms with Gasteiger partial charge in [0.1, 0.15) is 0 Å². The molecule has 0 aromatic heterocycles. The summed E-state index contributed by atoms with van der Waals surface area (Å²) in [5.74, 6) is 0. The summed E-state index contributed by atoms with van der Waals surface area (Å²) < 4.78 is 44.2. The number of hydrogen-bond donors (Lipinski definition) is 1. The van der Waals surface area contributed by atoms with E-state index >= 15 is 0 Å². The summed E-state index contributed by atoms with van der Waals surface area (Å²) in [5.41, 5.74) is -0.333. The zero-order valence-electron chi connectivity index (χ0n) is 11.5. The highest BCUT2D eigenvalue weighted by Crippen LogP contribution is 2.43. The summed E-state index contributed by atoms with van der Waals surface area (Å²) in [6.45, 7) is 0.657. The van der Waals surface area contributed by atoms with Crippen LogP contribution in [-0.2, 0) is 10.9 Å². The average molecular weight is 320 g/mol. The first-order valence-corrected chi connectivity index (χ1v) is 7.52. The van der Waals surface area contributed by atoms with Crippen molar-refractivity contribution in [1.29, 1.82) is 0 Å². The lowest BCUT2D eigenvalue weighted by Crippen LogP contribution is -2.49. The average Bonchev–Trinajstić information content (AvgIpc) is 2.35. The zero-order chi connectivity index (χ0) is 15.1. The van der Waals surface area contributed by atoms with Gasteiger partial charge in [-0.2, -0.15) is 13.2 Å². The first-order valence-electron chi connectivity index (χ1n) is 7.15. The van der Waals surface area contributed by atoms with Crippen molar-refractivity contribution in [3.63, 3.8) is 0 Å². The van der Waals surface area contributed by atoms with E-state index in [4.69, 9.17) is 16.3 Å². The van der Waals surface area contributed by atoms with Crippen molar-refractivity contribution >= 4 is 17.3 Å². The molecule has 0 radical (unpaired) electrons. The minimum Gasteiger partial charge on any atom is -0.382 e. The molecule has 2 nitrogen and oxygen atoms in total. The normalized spacial score (nSPS) is 24.7. The molecule has 1 spiro atoms. The van der Waals surface area contributed by atoms with Gasteiger partial charge in [-0.05, 0) is 50.3 Å². The van der Waals surface area contributed by atoms with E-state index in [1.54, 1.807) is 6.07 Å². The van der Waals surface area contributed by atoms with Gasteiger partial charge in [0.25, 0.3) is 0 Å². The zero-order valence-corrected chi connectivity index (χ0v) is 12.2. The Morgan fingerprint density at radius 2 is 2.00 bits per heavy atom. The molecule has 1 saturated heterocycles. The minimum atomic E-state index is -4.38. The van der Waals surface area contributed by atoms with Gasteiger partial charge in [-0.25, -0.2) is 0 Å². The van der Waals surface area contributed by atoms with Crippen molar-refractivity contribution in [2.75, 3.05) is 11.9 Å². The summed E-state index contributed by atoms with van der Waals surface area (Å²) >= 11 is 5.80. The molecule has 0 amide bonds. The molecule has 2 aliphatic rings. The van der Waals surface area contributed by atoms with Crippen molar-refractivity contribution in [3.8, 4) is 0 Å². The number of hydrogen-bond acceptors (Lipinski definition) is 2. The third-order valence-corrected chi connectivity index (χ3v) is 4.57.